The molecule has 8 aromatic rings. The number of pyridine rings is 1. The maximum absolute atomic E-state index is 6.75. The number of rotatable bonds is 6. The Bertz CT molecular complexity index is 2680. The van der Waals surface area contributed by atoms with Crippen molar-refractivity contribution in [2.24, 2.45) is 0 Å². The molecule has 3 heterocycles. The van der Waals surface area contributed by atoms with Gasteiger partial charge in [-0.3, -0.25) is 4.57 Å². The van der Waals surface area contributed by atoms with E-state index in [2.05, 4.69) is 204 Å². The minimum absolute atomic E-state index is 0. The second-order valence-electron chi connectivity index (χ2n) is 17.5. The number of hydrogen-bond donors (Lipinski definition) is 0. The van der Waals surface area contributed by atoms with Gasteiger partial charge in [0.15, 0.2) is 0 Å². The van der Waals surface area contributed by atoms with Crippen molar-refractivity contribution < 1.29 is 30.4 Å². The molecule has 286 valence electrons. The van der Waals surface area contributed by atoms with Gasteiger partial charge in [0.05, 0.1) is 11.4 Å². The summed E-state index contributed by atoms with van der Waals surface area (Å²) in [5.41, 5.74) is 9.33. The van der Waals surface area contributed by atoms with Crippen molar-refractivity contribution in [1.82, 2.24) is 14.1 Å². The smallest absolute Gasteiger partial charge is 0.267 e. The topological polar surface area (TPSA) is 35.9 Å². The summed E-state index contributed by atoms with van der Waals surface area (Å²) in [5.74, 6) is 2.08. The number of imidazole rings is 1. The summed E-state index contributed by atoms with van der Waals surface area (Å²) in [5, 5.41) is 2.24. The summed E-state index contributed by atoms with van der Waals surface area (Å²) in [7, 11) is 0. The molecular weight excluding hydrogens is 868 g/mol. The molecule has 0 amide bonds. The maximum Gasteiger partial charge on any atom is 0.267 e. The molecule has 6 heteroatoms. The zero-order valence-corrected chi connectivity index (χ0v) is 35.9. The molecule has 0 spiro atoms. The van der Waals surface area contributed by atoms with Crippen LogP contribution in [-0.4, -0.2) is 14.1 Å². The van der Waals surface area contributed by atoms with Crippen LogP contribution in [0.25, 0.3) is 50.1 Å². The van der Waals surface area contributed by atoms with Crippen LogP contribution in [0.1, 0.15) is 79.1 Å². The van der Waals surface area contributed by atoms with Gasteiger partial charge in [0.1, 0.15) is 5.82 Å². The van der Waals surface area contributed by atoms with Gasteiger partial charge < -0.3 is 13.9 Å². The summed E-state index contributed by atoms with van der Waals surface area (Å²) in [6.07, 6.45) is 7.77. The van der Waals surface area contributed by atoms with Crippen molar-refractivity contribution in [3.63, 3.8) is 0 Å². The summed E-state index contributed by atoms with van der Waals surface area (Å²) in [6, 6.07) is 47.6. The molecule has 0 fully saturated rings. The summed E-state index contributed by atoms with van der Waals surface area (Å²) < 4.78 is 13.2. The van der Waals surface area contributed by atoms with E-state index in [4.69, 9.17) is 9.72 Å². The van der Waals surface area contributed by atoms with Crippen LogP contribution < -0.4 is 9.30 Å². The summed E-state index contributed by atoms with van der Waals surface area (Å²) >= 11 is 0. The van der Waals surface area contributed by atoms with Crippen molar-refractivity contribution in [3.05, 3.63) is 163 Å². The molecule has 0 radical (unpaired) electrons. The molecule has 0 saturated heterocycles. The number of para-hydroxylation sites is 1. The van der Waals surface area contributed by atoms with E-state index in [1.165, 1.54) is 11.1 Å². The second kappa shape index (κ2) is 14.7. The fourth-order valence-electron chi connectivity index (χ4n) is 7.12. The normalized spacial score (nSPS) is 12.2. The molecule has 0 unspecified atom stereocenters. The van der Waals surface area contributed by atoms with Gasteiger partial charge in [-0.15, -0.1) is 29.7 Å². The third kappa shape index (κ3) is 7.62. The van der Waals surface area contributed by atoms with Crippen LogP contribution in [0.5, 0.6) is 11.5 Å². The maximum atomic E-state index is 6.75. The number of aromatic nitrogens is 4. The first-order valence-electron chi connectivity index (χ1n) is 19.0. The molecule has 8 rings (SSSR count). The molecular formula is C50H48N4OPt-2. The van der Waals surface area contributed by atoms with Gasteiger partial charge in [0.25, 0.3) is 6.33 Å². The Morgan fingerprint density at radius 3 is 2.05 bits per heavy atom. The van der Waals surface area contributed by atoms with Gasteiger partial charge in [-0.25, -0.2) is 4.98 Å². The van der Waals surface area contributed by atoms with E-state index in [1.807, 2.05) is 18.3 Å². The van der Waals surface area contributed by atoms with Crippen LogP contribution >= 0.6 is 0 Å². The van der Waals surface area contributed by atoms with E-state index in [0.29, 0.717) is 11.5 Å². The van der Waals surface area contributed by atoms with Gasteiger partial charge in [-0.2, -0.15) is 17.7 Å². The van der Waals surface area contributed by atoms with E-state index in [-0.39, 0.29) is 37.3 Å². The Morgan fingerprint density at radius 2 is 1.32 bits per heavy atom. The van der Waals surface area contributed by atoms with Crippen molar-refractivity contribution >= 4 is 21.8 Å². The van der Waals surface area contributed by atoms with Gasteiger partial charge in [0.2, 0.25) is 0 Å². The SMILES string of the molecule is CC(C)(C)c1cc(Oc2[c-]c3c(cc2)c2ccccc2n3-c2cc(C(C)(C)C)ccn2)[c-]c(-n2[c-][n+](-c3cccc(-c4ccccc4)c3)cc2C(C)(C)C)c1.[Pt]. The quantitative estimate of drug-likeness (QED) is 0.123. The Labute approximate surface area is 345 Å². The summed E-state index contributed by atoms with van der Waals surface area (Å²) in [6.45, 7) is 20.1. The van der Waals surface area contributed by atoms with Crippen LogP contribution in [0.15, 0.2) is 128 Å². The third-order valence-electron chi connectivity index (χ3n) is 10.3. The van der Waals surface area contributed by atoms with Gasteiger partial charge in [-0.05, 0) is 74.3 Å². The van der Waals surface area contributed by atoms with E-state index in [9.17, 15) is 0 Å². The van der Waals surface area contributed by atoms with Gasteiger partial charge in [0, 0.05) is 50.5 Å². The minimum Gasteiger partial charge on any atom is -0.510 e. The van der Waals surface area contributed by atoms with Crippen molar-refractivity contribution in [1.29, 1.82) is 0 Å². The molecule has 0 bridgehead atoms. The Hall–Kier alpha value is -5.25. The van der Waals surface area contributed by atoms with E-state index in [1.54, 1.807) is 0 Å². The number of hydrogen-bond acceptors (Lipinski definition) is 2. The number of ether oxygens (including phenoxy) is 1. The first-order valence-corrected chi connectivity index (χ1v) is 19.0. The molecule has 5 nitrogen and oxygen atoms in total. The molecule has 0 atom stereocenters. The molecule has 0 N–H and O–H groups in total. The molecule has 5 aromatic carbocycles. The summed E-state index contributed by atoms with van der Waals surface area (Å²) in [4.78, 5) is 4.85. The van der Waals surface area contributed by atoms with Crippen molar-refractivity contribution in [2.45, 2.75) is 78.6 Å². The average molecular weight is 916 g/mol. The largest absolute Gasteiger partial charge is 0.510 e. The predicted octanol–water partition coefficient (Wildman–Crippen LogP) is 12.0. The minimum atomic E-state index is -0.185. The first kappa shape index (κ1) is 39.0. The van der Waals surface area contributed by atoms with Crippen molar-refractivity contribution in [2.75, 3.05) is 0 Å². The van der Waals surface area contributed by atoms with Crippen LogP contribution in [0.3, 0.4) is 0 Å². The molecule has 0 aliphatic carbocycles. The average Bonchev–Trinajstić information content (AvgIpc) is 3.75. The Morgan fingerprint density at radius 1 is 0.607 bits per heavy atom. The van der Waals surface area contributed by atoms with Crippen molar-refractivity contribution in [3.8, 4) is 39.8 Å². The molecule has 0 aliphatic rings. The fraction of sp³-hybridized carbons (Fsp3) is 0.240. The Kier molecular flexibility index (Phi) is 10.2. The first-order chi connectivity index (χ1) is 26.1. The van der Waals surface area contributed by atoms with E-state index >= 15 is 0 Å². The van der Waals surface area contributed by atoms with E-state index < -0.39 is 0 Å². The fourth-order valence-corrected chi connectivity index (χ4v) is 7.12. The number of fused-ring (bicyclic) bond motifs is 3. The molecule has 56 heavy (non-hydrogen) atoms. The Balaban J connectivity index is 0.00000480. The second-order valence-corrected chi connectivity index (χ2v) is 17.5. The standard InChI is InChI=1S/C50H48N4O.Pt/c1-48(2,3)36-24-25-51-47(29-36)54-44-21-14-13-20-42(44)43-23-22-40(31-45(43)54)55-41-28-37(49(4,5)6)27-39(30-41)53-33-52(32-46(53)50(7,8)9)38-19-15-18-35(26-38)34-16-11-10-12-17-34;/h10-29,32H,1-9H3;/q-2;. The van der Waals surface area contributed by atoms with Gasteiger partial charge >= 0.3 is 0 Å². The third-order valence-corrected chi connectivity index (χ3v) is 10.3. The number of nitrogens with zero attached hydrogens (tertiary/aromatic N) is 4. The molecule has 0 saturated carbocycles. The predicted molar refractivity (Wildman–Crippen MR) is 224 cm³/mol. The zero-order valence-electron chi connectivity index (χ0n) is 33.6. The van der Waals surface area contributed by atoms with Crippen LogP contribution in [0.2, 0.25) is 0 Å². The molecule has 0 aliphatic heterocycles. The van der Waals surface area contributed by atoms with Crippen LogP contribution in [0.4, 0.5) is 0 Å². The van der Waals surface area contributed by atoms with Crippen LogP contribution in [-0.2, 0) is 37.3 Å². The van der Waals surface area contributed by atoms with Gasteiger partial charge in [-0.1, -0.05) is 128 Å². The monoisotopic (exact) mass is 915 g/mol. The van der Waals surface area contributed by atoms with Crippen LogP contribution in [0, 0.1) is 18.5 Å². The van der Waals surface area contributed by atoms with E-state index in [0.717, 1.165) is 55.8 Å². The number of benzene rings is 5. The molecule has 3 aromatic heterocycles. The zero-order chi connectivity index (χ0) is 38.7.